The molecule has 0 radical (unpaired) electrons. The summed E-state index contributed by atoms with van der Waals surface area (Å²) in [6.07, 6.45) is 1.59. The molecule has 0 spiro atoms. The molecular weight excluding hydrogens is 319 g/mol. The number of hydrogen-bond acceptors (Lipinski definition) is 4. The second-order valence-electron chi connectivity index (χ2n) is 4.40. The molecular formula is C12H16BrFN2O3. The maximum atomic E-state index is 13.3. The van der Waals surface area contributed by atoms with Crippen molar-refractivity contribution < 1.29 is 14.4 Å². The summed E-state index contributed by atoms with van der Waals surface area (Å²) in [6, 6.07) is 2.26. The van der Waals surface area contributed by atoms with Gasteiger partial charge in [-0.3, -0.25) is 10.1 Å². The van der Waals surface area contributed by atoms with Gasteiger partial charge in [0.1, 0.15) is 11.5 Å². The van der Waals surface area contributed by atoms with Crippen molar-refractivity contribution in [3.05, 3.63) is 32.5 Å². The highest BCUT2D eigenvalue weighted by Gasteiger charge is 2.17. The first-order valence-electron chi connectivity index (χ1n) is 5.94. The van der Waals surface area contributed by atoms with E-state index in [-0.39, 0.29) is 28.4 Å². The molecule has 0 aliphatic rings. The van der Waals surface area contributed by atoms with Crippen LogP contribution in [0.2, 0.25) is 0 Å². The van der Waals surface area contributed by atoms with Crippen molar-refractivity contribution in [3.63, 3.8) is 0 Å². The third-order valence-corrected chi connectivity index (χ3v) is 3.34. The van der Waals surface area contributed by atoms with Crippen molar-refractivity contribution in [3.8, 4) is 0 Å². The van der Waals surface area contributed by atoms with Gasteiger partial charge in [-0.25, -0.2) is 4.39 Å². The van der Waals surface area contributed by atoms with Crippen LogP contribution in [0.3, 0.4) is 0 Å². The first-order chi connectivity index (χ1) is 8.95. The van der Waals surface area contributed by atoms with E-state index in [1.807, 2.05) is 6.92 Å². The zero-order chi connectivity index (χ0) is 14.4. The van der Waals surface area contributed by atoms with Gasteiger partial charge in [-0.2, -0.15) is 0 Å². The average molecular weight is 335 g/mol. The van der Waals surface area contributed by atoms with Crippen LogP contribution in [0.25, 0.3) is 0 Å². The summed E-state index contributed by atoms with van der Waals surface area (Å²) in [6.45, 7) is 2.59. The molecule has 0 heterocycles. The normalized spacial score (nSPS) is 12.2. The van der Waals surface area contributed by atoms with E-state index in [0.29, 0.717) is 6.54 Å². The Bertz CT molecular complexity index is 457. The molecule has 0 bridgehead atoms. The fraction of sp³-hybridized carbons (Fsp3) is 0.500. The molecule has 0 saturated carbocycles. The Morgan fingerprint density at radius 2 is 2.26 bits per heavy atom. The van der Waals surface area contributed by atoms with Crippen LogP contribution in [0.5, 0.6) is 0 Å². The van der Waals surface area contributed by atoms with Crippen molar-refractivity contribution in [2.45, 2.75) is 19.8 Å². The Morgan fingerprint density at radius 1 is 1.58 bits per heavy atom. The quantitative estimate of drug-likeness (QED) is 0.455. The summed E-state index contributed by atoms with van der Waals surface area (Å²) in [5, 5.41) is 22.6. The smallest absolute Gasteiger partial charge is 0.295 e. The van der Waals surface area contributed by atoms with Gasteiger partial charge < -0.3 is 10.4 Å². The summed E-state index contributed by atoms with van der Waals surface area (Å²) in [5.41, 5.74) is 0.00540. The molecule has 1 aromatic carbocycles. The van der Waals surface area contributed by atoms with Crippen molar-refractivity contribution in [2.75, 3.05) is 18.5 Å². The van der Waals surface area contributed by atoms with Crippen molar-refractivity contribution in [1.82, 2.24) is 0 Å². The molecule has 1 unspecified atom stereocenters. The maximum absolute atomic E-state index is 13.3. The van der Waals surface area contributed by atoms with Crippen molar-refractivity contribution >= 4 is 27.3 Å². The van der Waals surface area contributed by atoms with Crippen LogP contribution in [-0.2, 0) is 0 Å². The van der Waals surface area contributed by atoms with E-state index in [1.54, 1.807) is 0 Å². The fourth-order valence-corrected chi connectivity index (χ4v) is 1.94. The SMILES string of the molecule is CC(CO)CCCNc1cc(Br)c(F)cc1[N+](=O)[O-]. The standard InChI is InChI=1S/C12H16BrFN2O3/c1-8(7-17)3-2-4-15-11-5-9(13)10(14)6-12(11)16(18)19/h5-6,8,15,17H,2-4,7H2,1H3. The third-order valence-electron chi connectivity index (χ3n) is 2.74. The molecule has 5 nitrogen and oxygen atoms in total. The Morgan fingerprint density at radius 3 is 2.84 bits per heavy atom. The summed E-state index contributed by atoms with van der Waals surface area (Å²) in [4.78, 5) is 10.2. The van der Waals surface area contributed by atoms with Gasteiger partial charge in [0, 0.05) is 13.2 Å². The summed E-state index contributed by atoms with van der Waals surface area (Å²) in [5.74, 6) is -0.456. The minimum atomic E-state index is -0.661. The van der Waals surface area contributed by atoms with Gasteiger partial charge in [0.2, 0.25) is 0 Å². The van der Waals surface area contributed by atoms with E-state index in [1.165, 1.54) is 6.07 Å². The molecule has 0 aliphatic carbocycles. The van der Waals surface area contributed by atoms with E-state index >= 15 is 0 Å². The number of aliphatic hydroxyl groups is 1. The Hall–Kier alpha value is -1.21. The van der Waals surface area contributed by atoms with E-state index in [9.17, 15) is 14.5 Å². The molecule has 0 amide bonds. The number of nitrogens with zero attached hydrogens (tertiary/aromatic N) is 1. The van der Waals surface area contributed by atoms with Gasteiger partial charge in [0.05, 0.1) is 15.5 Å². The predicted octanol–water partition coefficient (Wildman–Crippen LogP) is 3.32. The number of halogens is 2. The highest BCUT2D eigenvalue weighted by Crippen LogP contribution is 2.30. The molecule has 0 aromatic heterocycles. The molecule has 1 rings (SSSR count). The molecule has 1 aromatic rings. The zero-order valence-electron chi connectivity index (χ0n) is 10.5. The number of benzene rings is 1. The second-order valence-corrected chi connectivity index (χ2v) is 5.25. The highest BCUT2D eigenvalue weighted by atomic mass is 79.9. The van der Waals surface area contributed by atoms with Crippen LogP contribution in [0.4, 0.5) is 15.8 Å². The van der Waals surface area contributed by atoms with Crippen LogP contribution >= 0.6 is 15.9 Å². The Balaban J connectivity index is 2.67. The van der Waals surface area contributed by atoms with Gasteiger partial charge in [-0.05, 0) is 40.8 Å². The lowest BCUT2D eigenvalue weighted by Crippen LogP contribution is -2.08. The van der Waals surface area contributed by atoms with E-state index < -0.39 is 10.7 Å². The zero-order valence-corrected chi connectivity index (χ0v) is 12.1. The highest BCUT2D eigenvalue weighted by molar-refractivity contribution is 9.10. The number of hydrogen-bond donors (Lipinski definition) is 2. The van der Waals surface area contributed by atoms with Gasteiger partial charge in [0.25, 0.3) is 5.69 Å². The third kappa shape index (κ3) is 4.76. The van der Waals surface area contributed by atoms with Crippen molar-refractivity contribution in [1.29, 1.82) is 0 Å². The lowest BCUT2D eigenvalue weighted by Gasteiger charge is -2.10. The largest absolute Gasteiger partial charge is 0.396 e. The molecule has 0 saturated heterocycles. The number of anilines is 1. The number of aliphatic hydroxyl groups excluding tert-OH is 1. The minimum Gasteiger partial charge on any atom is -0.396 e. The van der Waals surface area contributed by atoms with E-state index in [4.69, 9.17) is 5.11 Å². The van der Waals surface area contributed by atoms with E-state index in [0.717, 1.165) is 18.9 Å². The lowest BCUT2D eigenvalue weighted by molar-refractivity contribution is -0.384. The Kier molecular flexibility index (Phi) is 6.17. The van der Waals surface area contributed by atoms with Crippen molar-refractivity contribution in [2.24, 2.45) is 5.92 Å². The monoisotopic (exact) mass is 334 g/mol. The predicted molar refractivity (Wildman–Crippen MR) is 74.7 cm³/mol. The second kappa shape index (κ2) is 7.40. The lowest BCUT2D eigenvalue weighted by atomic mass is 10.1. The molecule has 106 valence electrons. The van der Waals surface area contributed by atoms with Crippen LogP contribution in [0.1, 0.15) is 19.8 Å². The number of nitro benzene ring substituents is 1. The Labute approximate surface area is 119 Å². The van der Waals surface area contributed by atoms with Gasteiger partial charge in [-0.1, -0.05) is 6.92 Å². The molecule has 1 atom stereocenters. The number of nitro groups is 1. The first-order valence-corrected chi connectivity index (χ1v) is 6.73. The van der Waals surface area contributed by atoms with Crippen LogP contribution < -0.4 is 5.32 Å². The van der Waals surface area contributed by atoms with Crippen LogP contribution in [0.15, 0.2) is 16.6 Å². The molecule has 0 fully saturated rings. The van der Waals surface area contributed by atoms with E-state index in [2.05, 4.69) is 21.2 Å². The average Bonchev–Trinajstić information content (AvgIpc) is 2.37. The number of nitrogens with one attached hydrogen (secondary N) is 1. The summed E-state index contributed by atoms with van der Waals surface area (Å²) >= 11 is 3.00. The topological polar surface area (TPSA) is 75.4 Å². The molecule has 2 N–H and O–H groups in total. The summed E-state index contributed by atoms with van der Waals surface area (Å²) in [7, 11) is 0. The minimum absolute atomic E-state index is 0.127. The molecule has 7 heteroatoms. The maximum Gasteiger partial charge on any atom is 0.295 e. The van der Waals surface area contributed by atoms with Crippen LogP contribution in [-0.4, -0.2) is 23.2 Å². The summed E-state index contributed by atoms with van der Waals surface area (Å²) < 4.78 is 13.4. The molecule has 0 aliphatic heterocycles. The van der Waals surface area contributed by atoms with Gasteiger partial charge in [-0.15, -0.1) is 0 Å². The molecule has 19 heavy (non-hydrogen) atoms. The van der Waals surface area contributed by atoms with Crippen LogP contribution in [0, 0.1) is 21.8 Å². The van der Waals surface area contributed by atoms with Gasteiger partial charge >= 0.3 is 0 Å². The number of rotatable bonds is 7. The van der Waals surface area contributed by atoms with Gasteiger partial charge in [0.15, 0.2) is 0 Å². The fourth-order valence-electron chi connectivity index (χ4n) is 1.59. The first kappa shape index (κ1) is 15.8.